The number of nitrogen functional groups attached to an aromatic ring is 1. The first-order chi connectivity index (χ1) is 9.67. The third kappa shape index (κ3) is 2.32. The van der Waals surface area contributed by atoms with Crippen LogP contribution < -0.4 is 10.5 Å². The van der Waals surface area contributed by atoms with Gasteiger partial charge in [-0.25, -0.2) is 9.97 Å². The number of hydrogen-bond acceptors (Lipinski definition) is 4. The van der Waals surface area contributed by atoms with E-state index < -0.39 is 0 Å². The van der Waals surface area contributed by atoms with E-state index in [1.165, 1.54) is 0 Å². The molecule has 2 N–H and O–H groups in total. The third-order valence-electron chi connectivity index (χ3n) is 3.02. The van der Waals surface area contributed by atoms with Crippen molar-refractivity contribution in [1.82, 2.24) is 9.97 Å². The van der Waals surface area contributed by atoms with Gasteiger partial charge < -0.3 is 10.5 Å². The first-order valence-corrected chi connectivity index (χ1v) is 6.84. The highest BCUT2D eigenvalue weighted by atomic mass is 79.9. The average Bonchev–Trinajstić information content (AvgIpc) is 2.48. The van der Waals surface area contributed by atoms with Crippen molar-refractivity contribution in [2.24, 2.45) is 0 Å². The summed E-state index contributed by atoms with van der Waals surface area (Å²) in [6.07, 6.45) is 0. The van der Waals surface area contributed by atoms with Crippen LogP contribution in [0.3, 0.4) is 0 Å². The number of rotatable bonds is 2. The molecule has 0 radical (unpaired) electrons. The molecule has 0 saturated heterocycles. The van der Waals surface area contributed by atoms with Gasteiger partial charge in [0.05, 0.1) is 12.6 Å². The highest BCUT2D eigenvalue weighted by Gasteiger charge is 2.08. The van der Waals surface area contributed by atoms with Gasteiger partial charge in [0, 0.05) is 15.4 Å². The number of aromatic nitrogens is 2. The van der Waals surface area contributed by atoms with Gasteiger partial charge in [-0.05, 0) is 30.3 Å². The minimum absolute atomic E-state index is 0.467. The molecule has 2 aromatic carbocycles. The molecule has 0 amide bonds. The van der Waals surface area contributed by atoms with Crippen molar-refractivity contribution in [3.63, 3.8) is 0 Å². The molecule has 0 aliphatic rings. The molecule has 3 rings (SSSR count). The Morgan fingerprint density at radius 3 is 2.75 bits per heavy atom. The summed E-state index contributed by atoms with van der Waals surface area (Å²) >= 11 is 3.42. The van der Waals surface area contributed by atoms with Crippen LogP contribution >= 0.6 is 15.9 Å². The van der Waals surface area contributed by atoms with Gasteiger partial charge >= 0.3 is 0 Å². The first kappa shape index (κ1) is 12.9. The quantitative estimate of drug-likeness (QED) is 0.779. The molecule has 0 atom stereocenters. The normalized spacial score (nSPS) is 10.7. The lowest BCUT2D eigenvalue weighted by atomic mass is 10.1. The van der Waals surface area contributed by atoms with Crippen molar-refractivity contribution in [2.75, 3.05) is 12.8 Å². The van der Waals surface area contributed by atoms with Crippen LogP contribution in [0, 0.1) is 0 Å². The van der Waals surface area contributed by atoms with Crippen molar-refractivity contribution in [3.05, 3.63) is 46.9 Å². The lowest BCUT2D eigenvalue weighted by Gasteiger charge is -2.07. The molecular weight excluding hydrogens is 318 g/mol. The van der Waals surface area contributed by atoms with Crippen LogP contribution in [0.5, 0.6) is 5.75 Å². The Hall–Kier alpha value is -2.14. The fourth-order valence-electron chi connectivity index (χ4n) is 2.02. The molecule has 0 bridgehead atoms. The van der Waals surface area contributed by atoms with Crippen molar-refractivity contribution >= 4 is 32.7 Å². The summed E-state index contributed by atoms with van der Waals surface area (Å²) in [5.41, 5.74) is 7.72. The summed E-state index contributed by atoms with van der Waals surface area (Å²) in [5, 5.41) is 0.839. The Kier molecular flexibility index (Phi) is 3.28. The molecule has 1 aromatic heterocycles. The second-order valence-electron chi connectivity index (χ2n) is 4.33. The van der Waals surface area contributed by atoms with E-state index in [1.807, 2.05) is 42.5 Å². The number of nitrogens with two attached hydrogens (primary N) is 1. The standard InChI is InChI=1S/C15H12BrN3O/c1-20-11-4-2-3-9(7-11)15-18-13-6-5-10(16)8-12(13)14(17)19-15/h2-8H,1H3,(H2,17,18,19). The predicted octanol–water partition coefficient (Wildman–Crippen LogP) is 3.65. The van der Waals surface area contributed by atoms with Crippen molar-refractivity contribution < 1.29 is 4.74 Å². The van der Waals surface area contributed by atoms with E-state index in [0.717, 1.165) is 26.7 Å². The average molecular weight is 330 g/mol. The zero-order valence-electron chi connectivity index (χ0n) is 10.8. The SMILES string of the molecule is COc1cccc(-c2nc(N)c3cc(Br)ccc3n2)c1. The largest absolute Gasteiger partial charge is 0.497 e. The fourth-order valence-corrected chi connectivity index (χ4v) is 2.38. The van der Waals surface area contributed by atoms with Crippen LogP contribution in [0.1, 0.15) is 0 Å². The van der Waals surface area contributed by atoms with E-state index in [4.69, 9.17) is 10.5 Å². The molecule has 4 nitrogen and oxygen atoms in total. The summed E-state index contributed by atoms with van der Waals surface area (Å²) in [6, 6.07) is 13.4. The van der Waals surface area contributed by atoms with Gasteiger partial charge in [-0.3, -0.25) is 0 Å². The fraction of sp³-hybridized carbons (Fsp3) is 0.0667. The van der Waals surface area contributed by atoms with Gasteiger partial charge in [0.25, 0.3) is 0 Å². The molecule has 0 aliphatic heterocycles. The van der Waals surface area contributed by atoms with Gasteiger partial charge in [0.15, 0.2) is 5.82 Å². The second-order valence-corrected chi connectivity index (χ2v) is 5.24. The van der Waals surface area contributed by atoms with Gasteiger partial charge in [0.1, 0.15) is 11.6 Å². The first-order valence-electron chi connectivity index (χ1n) is 6.04. The van der Waals surface area contributed by atoms with Crippen molar-refractivity contribution in [2.45, 2.75) is 0 Å². The van der Waals surface area contributed by atoms with Crippen molar-refractivity contribution in [3.8, 4) is 17.1 Å². The second kappa shape index (κ2) is 5.09. The third-order valence-corrected chi connectivity index (χ3v) is 3.51. The molecule has 1 heterocycles. The summed E-state index contributed by atoms with van der Waals surface area (Å²) < 4.78 is 6.17. The lowest BCUT2D eigenvalue weighted by molar-refractivity contribution is 0.415. The molecule has 100 valence electrons. The smallest absolute Gasteiger partial charge is 0.162 e. The van der Waals surface area contributed by atoms with Gasteiger partial charge in [-0.15, -0.1) is 0 Å². The number of benzene rings is 2. The molecule has 20 heavy (non-hydrogen) atoms. The molecular formula is C15H12BrN3O. The van der Waals surface area contributed by atoms with Gasteiger partial charge in [-0.2, -0.15) is 0 Å². The molecule has 5 heteroatoms. The van der Waals surface area contributed by atoms with Crippen LogP contribution in [0.25, 0.3) is 22.3 Å². The molecule has 0 unspecified atom stereocenters. The molecule has 0 saturated carbocycles. The summed E-state index contributed by atoms with van der Waals surface area (Å²) in [7, 11) is 1.63. The predicted molar refractivity (Wildman–Crippen MR) is 83.6 cm³/mol. The highest BCUT2D eigenvalue weighted by molar-refractivity contribution is 9.10. The molecule has 0 fully saturated rings. The zero-order chi connectivity index (χ0) is 14.1. The van der Waals surface area contributed by atoms with Crippen LogP contribution in [0.2, 0.25) is 0 Å². The van der Waals surface area contributed by atoms with Gasteiger partial charge in [0.2, 0.25) is 0 Å². The number of anilines is 1. The molecule has 3 aromatic rings. The van der Waals surface area contributed by atoms with Crippen LogP contribution in [0.15, 0.2) is 46.9 Å². The Morgan fingerprint density at radius 1 is 1.10 bits per heavy atom. The number of hydrogen-bond donors (Lipinski definition) is 1. The number of halogens is 1. The van der Waals surface area contributed by atoms with E-state index in [9.17, 15) is 0 Å². The Balaban J connectivity index is 2.19. The number of fused-ring (bicyclic) bond motifs is 1. The minimum Gasteiger partial charge on any atom is -0.497 e. The summed E-state index contributed by atoms with van der Waals surface area (Å²) in [4.78, 5) is 8.93. The maximum absolute atomic E-state index is 6.03. The van der Waals surface area contributed by atoms with E-state index in [-0.39, 0.29) is 0 Å². The van der Waals surface area contributed by atoms with E-state index in [0.29, 0.717) is 11.6 Å². The van der Waals surface area contributed by atoms with E-state index >= 15 is 0 Å². The van der Waals surface area contributed by atoms with Crippen molar-refractivity contribution in [1.29, 1.82) is 0 Å². The monoisotopic (exact) mass is 329 g/mol. The molecule has 0 spiro atoms. The van der Waals surface area contributed by atoms with Gasteiger partial charge in [-0.1, -0.05) is 28.1 Å². The van der Waals surface area contributed by atoms with E-state index in [2.05, 4.69) is 25.9 Å². The zero-order valence-corrected chi connectivity index (χ0v) is 12.4. The Morgan fingerprint density at radius 2 is 1.95 bits per heavy atom. The highest BCUT2D eigenvalue weighted by Crippen LogP contribution is 2.27. The van der Waals surface area contributed by atoms with Crippen LogP contribution in [0.4, 0.5) is 5.82 Å². The Bertz CT molecular complexity index is 789. The van der Waals surface area contributed by atoms with E-state index in [1.54, 1.807) is 7.11 Å². The lowest BCUT2D eigenvalue weighted by Crippen LogP contribution is -1.98. The van der Waals surface area contributed by atoms with Crippen LogP contribution in [-0.4, -0.2) is 17.1 Å². The molecule has 0 aliphatic carbocycles. The maximum atomic E-state index is 6.03. The summed E-state index contributed by atoms with van der Waals surface area (Å²) in [5.74, 6) is 1.82. The summed E-state index contributed by atoms with van der Waals surface area (Å²) in [6.45, 7) is 0. The maximum Gasteiger partial charge on any atom is 0.162 e. The Labute approximate surface area is 124 Å². The topological polar surface area (TPSA) is 61.0 Å². The van der Waals surface area contributed by atoms with Crippen LogP contribution in [-0.2, 0) is 0 Å². The number of ether oxygens (including phenoxy) is 1. The number of nitrogens with zero attached hydrogens (tertiary/aromatic N) is 2. The number of methoxy groups -OCH3 is 1. The minimum atomic E-state index is 0.467.